The van der Waals surface area contributed by atoms with Crippen LogP contribution in [0.4, 0.5) is 5.69 Å². The summed E-state index contributed by atoms with van der Waals surface area (Å²) in [5.41, 5.74) is 2.07. The summed E-state index contributed by atoms with van der Waals surface area (Å²) in [6.45, 7) is 2.10. The topological polar surface area (TPSA) is 21.3 Å². The summed E-state index contributed by atoms with van der Waals surface area (Å²) < 4.78 is 5.91. The fourth-order valence-corrected chi connectivity index (χ4v) is 2.29. The average molecular weight is 246 g/mol. The smallest absolute Gasteiger partial charge is 0.151 e. The Bertz CT molecular complexity index is 568. The summed E-state index contributed by atoms with van der Waals surface area (Å²) >= 11 is 6.19. The predicted molar refractivity (Wildman–Crippen MR) is 70.0 cm³/mol. The van der Waals surface area contributed by atoms with Gasteiger partial charge in [0.2, 0.25) is 0 Å². The third-order valence-electron chi connectivity index (χ3n) is 2.94. The second-order valence-corrected chi connectivity index (χ2v) is 4.53. The quantitative estimate of drug-likeness (QED) is 0.731. The van der Waals surface area contributed by atoms with Crippen LogP contribution in [0.5, 0.6) is 11.5 Å². The number of anilines is 1. The van der Waals surface area contributed by atoms with Gasteiger partial charge < -0.3 is 10.1 Å². The summed E-state index contributed by atoms with van der Waals surface area (Å²) in [5, 5.41) is 4.07. The van der Waals surface area contributed by atoms with E-state index in [0.717, 1.165) is 22.7 Å². The lowest BCUT2D eigenvalue weighted by molar-refractivity contribution is 0.483. The summed E-state index contributed by atoms with van der Waals surface area (Å²) in [4.78, 5) is 0. The van der Waals surface area contributed by atoms with Crippen LogP contribution in [0.25, 0.3) is 0 Å². The summed E-state index contributed by atoms with van der Waals surface area (Å²) in [6.07, 6.45) is 0. The van der Waals surface area contributed by atoms with E-state index in [0.29, 0.717) is 5.02 Å². The molecule has 1 atom stereocenters. The molecule has 86 valence electrons. The minimum atomic E-state index is 0.173. The lowest BCUT2D eigenvalue weighted by atomic mass is 10.1. The van der Waals surface area contributed by atoms with E-state index in [4.69, 9.17) is 16.3 Å². The van der Waals surface area contributed by atoms with Crippen molar-refractivity contribution in [2.45, 2.75) is 13.0 Å². The maximum Gasteiger partial charge on any atom is 0.151 e. The Morgan fingerprint density at radius 1 is 1.12 bits per heavy atom. The van der Waals surface area contributed by atoms with Crippen LogP contribution >= 0.6 is 11.6 Å². The standard InChI is InChI=1S/C14H12ClNO/c1-9-10-5-4-6-11(15)14(10)17-13-8-3-2-7-12(13)16-9/h2-9,16H,1H3. The summed E-state index contributed by atoms with van der Waals surface area (Å²) in [6, 6.07) is 13.9. The molecule has 1 aliphatic heterocycles. The van der Waals surface area contributed by atoms with Gasteiger partial charge in [-0.15, -0.1) is 0 Å². The molecule has 0 fully saturated rings. The molecular formula is C14H12ClNO. The van der Waals surface area contributed by atoms with Crippen molar-refractivity contribution < 1.29 is 4.74 Å². The van der Waals surface area contributed by atoms with E-state index in [-0.39, 0.29) is 6.04 Å². The van der Waals surface area contributed by atoms with Gasteiger partial charge in [0, 0.05) is 5.56 Å². The van der Waals surface area contributed by atoms with Crippen molar-refractivity contribution in [1.82, 2.24) is 0 Å². The first-order valence-electron chi connectivity index (χ1n) is 5.57. The van der Waals surface area contributed by atoms with Gasteiger partial charge in [-0.05, 0) is 25.1 Å². The predicted octanol–water partition coefficient (Wildman–Crippen LogP) is 4.62. The molecule has 0 saturated carbocycles. The van der Waals surface area contributed by atoms with E-state index in [1.54, 1.807) is 0 Å². The fraction of sp³-hybridized carbons (Fsp3) is 0.143. The molecule has 0 spiro atoms. The zero-order valence-electron chi connectivity index (χ0n) is 9.41. The average Bonchev–Trinajstić information content (AvgIpc) is 2.47. The van der Waals surface area contributed by atoms with Gasteiger partial charge in [-0.1, -0.05) is 35.9 Å². The molecule has 2 nitrogen and oxygen atoms in total. The first kappa shape index (κ1) is 10.5. The third-order valence-corrected chi connectivity index (χ3v) is 3.23. The number of para-hydroxylation sites is 3. The van der Waals surface area contributed by atoms with Gasteiger partial charge in [0.15, 0.2) is 11.5 Å². The molecular weight excluding hydrogens is 234 g/mol. The van der Waals surface area contributed by atoms with Gasteiger partial charge in [-0.25, -0.2) is 0 Å². The van der Waals surface area contributed by atoms with Gasteiger partial charge in [0.05, 0.1) is 16.8 Å². The van der Waals surface area contributed by atoms with Crippen LogP contribution in [0.15, 0.2) is 42.5 Å². The molecule has 0 aromatic heterocycles. The molecule has 3 heteroatoms. The molecule has 3 rings (SSSR count). The van der Waals surface area contributed by atoms with Gasteiger partial charge in [-0.3, -0.25) is 0 Å². The van der Waals surface area contributed by atoms with Crippen molar-refractivity contribution >= 4 is 17.3 Å². The highest BCUT2D eigenvalue weighted by Gasteiger charge is 2.20. The van der Waals surface area contributed by atoms with Crippen molar-refractivity contribution in [3.63, 3.8) is 0 Å². The fourth-order valence-electron chi connectivity index (χ4n) is 2.07. The molecule has 2 aromatic rings. The van der Waals surface area contributed by atoms with Crippen LogP contribution in [0.2, 0.25) is 5.02 Å². The van der Waals surface area contributed by atoms with Crippen molar-refractivity contribution in [2.75, 3.05) is 5.32 Å². The molecule has 1 aliphatic rings. The maximum absolute atomic E-state index is 6.19. The minimum Gasteiger partial charge on any atom is -0.453 e. The van der Waals surface area contributed by atoms with Gasteiger partial charge in [0.25, 0.3) is 0 Å². The Labute approximate surface area is 105 Å². The van der Waals surface area contributed by atoms with Crippen LogP contribution in [0.3, 0.4) is 0 Å². The number of nitrogens with one attached hydrogen (secondary N) is 1. The number of rotatable bonds is 0. The lowest BCUT2D eigenvalue weighted by Crippen LogP contribution is -2.04. The third kappa shape index (κ3) is 1.75. The Morgan fingerprint density at radius 2 is 1.94 bits per heavy atom. The molecule has 0 amide bonds. The zero-order chi connectivity index (χ0) is 11.8. The van der Waals surface area contributed by atoms with E-state index in [9.17, 15) is 0 Å². The molecule has 0 radical (unpaired) electrons. The van der Waals surface area contributed by atoms with Crippen LogP contribution < -0.4 is 10.1 Å². The minimum absolute atomic E-state index is 0.173. The maximum atomic E-state index is 6.19. The molecule has 1 N–H and O–H groups in total. The normalized spacial score (nSPS) is 17.2. The summed E-state index contributed by atoms with van der Waals surface area (Å²) in [5.74, 6) is 1.56. The van der Waals surface area contributed by atoms with Crippen molar-refractivity contribution in [3.8, 4) is 11.5 Å². The number of hydrogen-bond acceptors (Lipinski definition) is 2. The van der Waals surface area contributed by atoms with E-state index >= 15 is 0 Å². The Morgan fingerprint density at radius 3 is 2.82 bits per heavy atom. The van der Waals surface area contributed by atoms with E-state index in [1.165, 1.54) is 0 Å². The van der Waals surface area contributed by atoms with Gasteiger partial charge in [0.1, 0.15) is 0 Å². The van der Waals surface area contributed by atoms with E-state index in [1.807, 2.05) is 42.5 Å². The first-order valence-corrected chi connectivity index (χ1v) is 5.95. The molecule has 1 heterocycles. The molecule has 0 bridgehead atoms. The first-order chi connectivity index (χ1) is 8.25. The second kappa shape index (κ2) is 3.97. The molecule has 0 saturated heterocycles. The molecule has 17 heavy (non-hydrogen) atoms. The largest absolute Gasteiger partial charge is 0.453 e. The van der Waals surface area contributed by atoms with Crippen LogP contribution in [0, 0.1) is 0 Å². The highest BCUT2D eigenvalue weighted by Crippen LogP contribution is 2.42. The highest BCUT2D eigenvalue weighted by atomic mass is 35.5. The zero-order valence-corrected chi connectivity index (χ0v) is 10.2. The number of hydrogen-bond donors (Lipinski definition) is 1. The van der Waals surface area contributed by atoms with E-state index < -0.39 is 0 Å². The molecule has 0 aliphatic carbocycles. The summed E-state index contributed by atoms with van der Waals surface area (Å²) in [7, 11) is 0. The second-order valence-electron chi connectivity index (χ2n) is 4.12. The monoisotopic (exact) mass is 245 g/mol. The highest BCUT2D eigenvalue weighted by molar-refractivity contribution is 6.32. The molecule has 2 aromatic carbocycles. The number of ether oxygens (including phenoxy) is 1. The SMILES string of the molecule is CC1Nc2ccccc2Oc2c(Cl)cccc21. The van der Waals surface area contributed by atoms with Gasteiger partial charge in [-0.2, -0.15) is 0 Å². The Hall–Kier alpha value is -1.67. The van der Waals surface area contributed by atoms with Crippen LogP contribution in [0.1, 0.15) is 18.5 Å². The molecule has 1 unspecified atom stereocenters. The Kier molecular flexibility index (Phi) is 2.45. The number of fused-ring (bicyclic) bond motifs is 2. The van der Waals surface area contributed by atoms with E-state index in [2.05, 4.69) is 12.2 Å². The van der Waals surface area contributed by atoms with Crippen molar-refractivity contribution in [3.05, 3.63) is 53.1 Å². The lowest BCUT2D eigenvalue weighted by Gasteiger charge is -2.13. The van der Waals surface area contributed by atoms with Crippen molar-refractivity contribution in [2.24, 2.45) is 0 Å². The Balaban J connectivity index is 2.19. The van der Waals surface area contributed by atoms with Gasteiger partial charge >= 0.3 is 0 Å². The number of benzene rings is 2. The van der Waals surface area contributed by atoms with Crippen molar-refractivity contribution in [1.29, 1.82) is 0 Å². The number of halogens is 1. The van der Waals surface area contributed by atoms with Crippen LogP contribution in [-0.4, -0.2) is 0 Å². The van der Waals surface area contributed by atoms with Crippen LogP contribution in [-0.2, 0) is 0 Å².